The largest absolute Gasteiger partial charge is 0.385 e. The van der Waals surface area contributed by atoms with Gasteiger partial charge >= 0.3 is 0 Å². The van der Waals surface area contributed by atoms with Gasteiger partial charge in [-0.2, -0.15) is 0 Å². The molecule has 1 aliphatic rings. The fourth-order valence-corrected chi connectivity index (χ4v) is 1.20. The lowest BCUT2D eigenvalue weighted by molar-refractivity contribution is 0.0866. The van der Waals surface area contributed by atoms with Crippen molar-refractivity contribution in [3.05, 3.63) is 11.4 Å². The Morgan fingerprint density at radius 3 is 3.08 bits per heavy atom. The number of aliphatic hydroxyl groups is 1. The third-order valence-electron chi connectivity index (χ3n) is 1.75. The fourth-order valence-electron chi connectivity index (χ4n) is 1.20. The summed E-state index contributed by atoms with van der Waals surface area (Å²) in [5.74, 6) is -0.153. The van der Waals surface area contributed by atoms with Gasteiger partial charge in [0.1, 0.15) is 6.10 Å². The monoisotopic (exact) mass is 168 g/mol. The van der Waals surface area contributed by atoms with Crippen molar-refractivity contribution >= 4 is 11.9 Å². The van der Waals surface area contributed by atoms with Crippen molar-refractivity contribution in [3.63, 3.8) is 0 Å². The molecule has 5 N–H and O–H groups in total. The second kappa shape index (κ2) is 2.21. The van der Waals surface area contributed by atoms with Crippen LogP contribution in [0, 0.1) is 0 Å². The molecule has 0 fully saturated rings. The van der Waals surface area contributed by atoms with Gasteiger partial charge in [-0.1, -0.05) is 0 Å². The summed E-state index contributed by atoms with van der Waals surface area (Å²) in [6.45, 7) is 0.202. The molecule has 0 bridgehead atoms. The van der Waals surface area contributed by atoms with Gasteiger partial charge in [0.2, 0.25) is 0 Å². The predicted molar refractivity (Wildman–Crippen MR) is 40.3 cm³/mol. The zero-order valence-electron chi connectivity index (χ0n) is 6.16. The molecule has 1 atom stereocenters. The standard InChI is InChI=1S/C6H8N4O2/c7-6-9-3-2(11)1-8-5(12)4(3)10-6/h2,11H,1H2,(H,8,12)(H3,7,9,10)/t2-/m1/s1. The van der Waals surface area contributed by atoms with Crippen LogP contribution < -0.4 is 11.1 Å². The van der Waals surface area contributed by atoms with E-state index < -0.39 is 6.10 Å². The van der Waals surface area contributed by atoms with Crippen molar-refractivity contribution in [2.24, 2.45) is 0 Å². The molecule has 6 nitrogen and oxygen atoms in total. The summed E-state index contributed by atoms with van der Waals surface area (Å²) in [5.41, 5.74) is 5.91. The number of fused-ring (bicyclic) bond motifs is 1. The van der Waals surface area contributed by atoms with E-state index in [-0.39, 0.29) is 24.1 Å². The second-order valence-corrected chi connectivity index (χ2v) is 2.61. The minimum atomic E-state index is -0.734. The number of rotatable bonds is 0. The number of nitrogens with two attached hydrogens (primary N) is 1. The van der Waals surface area contributed by atoms with Crippen LogP contribution in [-0.2, 0) is 0 Å². The predicted octanol–water partition coefficient (Wildman–Crippen LogP) is -1.23. The Balaban J connectivity index is 2.54. The van der Waals surface area contributed by atoms with E-state index in [4.69, 9.17) is 5.73 Å². The van der Waals surface area contributed by atoms with Crippen molar-refractivity contribution in [1.82, 2.24) is 15.3 Å². The zero-order valence-corrected chi connectivity index (χ0v) is 6.16. The molecule has 64 valence electrons. The average Bonchev–Trinajstić information content (AvgIpc) is 2.41. The van der Waals surface area contributed by atoms with E-state index in [9.17, 15) is 9.90 Å². The lowest BCUT2D eigenvalue weighted by Crippen LogP contribution is -2.35. The second-order valence-electron chi connectivity index (χ2n) is 2.61. The highest BCUT2D eigenvalue weighted by atomic mass is 16.3. The molecular formula is C6H8N4O2. The number of hydrogen-bond acceptors (Lipinski definition) is 4. The summed E-state index contributed by atoms with van der Waals surface area (Å²) in [5, 5.41) is 11.8. The number of hydrogen-bond donors (Lipinski definition) is 4. The van der Waals surface area contributed by atoms with E-state index in [1.807, 2.05) is 0 Å². The molecule has 0 aliphatic carbocycles. The number of H-pyrrole nitrogens is 1. The van der Waals surface area contributed by atoms with Crippen LogP contribution >= 0.6 is 0 Å². The lowest BCUT2D eigenvalue weighted by atomic mass is 10.1. The summed E-state index contributed by atoms with van der Waals surface area (Å²) in [4.78, 5) is 17.4. The third kappa shape index (κ3) is 0.850. The Labute approximate surface area is 67.8 Å². The maximum atomic E-state index is 11.1. The number of imidazole rings is 1. The van der Waals surface area contributed by atoms with Gasteiger partial charge in [-0.05, 0) is 0 Å². The number of β-amino-alcohol motifs (C(OH)–C–C–N with tert-alkyl or cyclic N) is 1. The van der Waals surface area contributed by atoms with E-state index in [1.54, 1.807) is 0 Å². The van der Waals surface area contributed by atoms with E-state index in [0.29, 0.717) is 5.69 Å². The highest BCUT2D eigenvalue weighted by Gasteiger charge is 2.27. The number of nitrogens with one attached hydrogen (secondary N) is 2. The molecule has 2 heterocycles. The molecule has 0 aromatic carbocycles. The molecular weight excluding hydrogens is 160 g/mol. The molecule has 1 amide bonds. The van der Waals surface area contributed by atoms with Gasteiger partial charge in [-0.25, -0.2) is 4.98 Å². The van der Waals surface area contributed by atoms with Crippen LogP contribution in [0.1, 0.15) is 22.3 Å². The van der Waals surface area contributed by atoms with Gasteiger partial charge in [0, 0.05) is 6.54 Å². The maximum Gasteiger partial charge on any atom is 0.272 e. The number of nitrogen functional groups attached to an aromatic ring is 1. The first-order valence-corrected chi connectivity index (χ1v) is 3.50. The Morgan fingerprint density at radius 1 is 1.67 bits per heavy atom. The van der Waals surface area contributed by atoms with Crippen molar-refractivity contribution in [3.8, 4) is 0 Å². The molecule has 1 aliphatic heterocycles. The molecule has 12 heavy (non-hydrogen) atoms. The number of aromatic nitrogens is 2. The Bertz CT molecular complexity index is 332. The molecule has 1 aromatic rings. The summed E-state index contributed by atoms with van der Waals surface area (Å²) >= 11 is 0. The number of nitrogens with zero attached hydrogens (tertiary/aromatic N) is 1. The number of amides is 1. The molecule has 0 saturated carbocycles. The van der Waals surface area contributed by atoms with Gasteiger partial charge in [-0.3, -0.25) is 4.79 Å². The fraction of sp³-hybridized carbons (Fsp3) is 0.333. The van der Waals surface area contributed by atoms with Gasteiger partial charge in [0.05, 0.1) is 5.69 Å². The number of aromatic amines is 1. The Hall–Kier alpha value is -1.56. The third-order valence-corrected chi connectivity index (χ3v) is 1.75. The summed E-state index contributed by atoms with van der Waals surface area (Å²) in [6.07, 6.45) is -0.734. The van der Waals surface area contributed by atoms with E-state index in [0.717, 1.165) is 0 Å². The molecule has 6 heteroatoms. The molecule has 1 aromatic heterocycles. The van der Waals surface area contributed by atoms with Crippen LogP contribution in [0.25, 0.3) is 0 Å². The van der Waals surface area contributed by atoms with Crippen LogP contribution in [-0.4, -0.2) is 27.5 Å². The molecule has 0 saturated heterocycles. The highest BCUT2D eigenvalue weighted by molar-refractivity contribution is 5.95. The highest BCUT2D eigenvalue weighted by Crippen LogP contribution is 2.19. The zero-order chi connectivity index (χ0) is 8.72. The van der Waals surface area contributed by atoms with Crippen molar-refractivity contribution in [1.29, 1.82) is 0 Å². The van der Waals surface area contributed by atoms with Crippen LogP contribution in [0.15, 0.2) is 0 Å². The first-order valence-electron chi connectivity index (χ1n) is 3.50. The van der Waals surface area contributed by atoms with Gasteiger partial charge < -0.3 is 21.1 Å². The maximum absolute atomic E-state index is 11.1. The van der Waals surface area contributed by atoms with Gasteiger partial charge in [0.25, 0.3) is 5.91 Å². The van der Waals surface area contributed by atoms with Crippen molar-refractivity contribution < 1.29 is 9.90 Å². The van der Waals surface area contributed by atoms with E-state index in [2.05, 4.69) is 15.3 Å². The van der Waals surface area contributed by atoms with Gasteiger partial charge in [0.15, 0.2) is 11.6 Å². The van der Waals surface area contributed by atoms with Crippen molar-refractivity contribution in [2.45, 2.75) is 6.10 Å². The average molecular weight is 168 g/mol. The first kappa shape index (κ1) is 7.11. The number of carbonyl (C=O) groups excluding carboxylic acids is 1. The summed E-state index contributed by atoms with van der Waals surface area (Å²) < 4.78 is 0. The minimum Gasteiger partial charge on any atom is -0.385 e. The topological polar surface area (TPSA) is 104 Å². The summed E-state index contributed by atoms with van der Waals surface area (Å²) in [7, 11) is 0. The molecule has 0 unspecified atom stereocenters. The van der Waals surface area contributed by atoms with E-state index in [1.165, 1.54) is 0 Å². The molecule has 0 spiro atoms. The molecule has 2 rings (SSSR count). The van der Waals surface area contributed by atoms with Crippen LogP contribution in [0.5, 0.6) is 0 Å². The minimum absolute atomic E-state index is 0.149. The number of aliphatic hydroxyl groups excluding tert-OH is 1. The number of carbonyl (C=O) groups is 1. The van der Waals surface area contributed by atoms with E-state index >= 15 is 0 Å². The first-order chi connectivity index (χ1) is 5.68. The van der Waals surface area contributed by atoms with Crippen molar-refractivity contribution in [2.75, 3.05) is 12.3 Å². The quantitative estimate of drug-likeness (QED) is 0.389. The number of anilines is 1. The smallest absolute Gasteiger partial charge is 0.272 e. The normalized spacial score (nSPS) is 21.8. The van der Waals surface area contributed by atoms with Crippen LogP contribution in [0.3, 0.4) is 0 Å². The Kier molecular flexibility index (Phi) is 1.31. The molecule has 0 radical (unpaired) electrons. The SMILES string of the molecule is Nc1nc2c([nH]1)[C@H](O)CNC2=O. The Morgan fingerprint density at radius 2 is 2.42 bits per heavy atom. The summed E-state index contributed by atoms with van der Waals surface area (Å²) in [6, 6.07) is 0. The van der Waals surface area contributed by atoms with Gasteiger partial charge in [-0.15, -0.1) is 0 Å². The lowest BCUT2D eigenvalue weighted by Gasteiger charge is -2.16. The van der Waals surface area contributed by atoms with Crippen LogP contribution in [0.2, 0.25) is 0 Å². The van der Waals surface area contributed by atoms with Crippen LogP contribution in [0.4, 0.5) is 5.95 Å².